The molecule has 7 aromatic rings. The molecule has 0 atom stereocenters. The van der Waals surface area contributed by atoms with E-state index in [1.165, 1.54) is 55.3 Å². The van der Waals surface area contributed by atoms with Gasteiger partial charge in [0.15, 0.2) is 0 Å². The van der Waals surface area contributed by atoms with Crippen molar-refractivity contribution in [1.29, 1.82) is 0 Å². The highest BCUT2D eigenvalue weighted by atomic mass is 15.1. The highest BCUT2D eigenvalue weighted by Crippen LogP contribution is 2.49. The quantitative estimate of drug-likeness (QED) is 0.223. The third-order valence-corrected chi connectivity index (χ3v) is 8.12. The Bertz CT molecular complexity index is 2000. The van der Waals surface area contributed by atoms with E-state index in [2.05, 4.69) is 155 Å². The SMILES string of the molecule is c1ccc(-c2ccc(N(c3ccncc3)c3cccc(-c4ccc5c6c(cccc46)-c4ccccc4-5)c3)cc2)cc1. The number of fused-ring (bicyclic) bond motifs is 3. The summed E-state index contributed by atoms with van der Waals surface area (Å²) in [5.41, 5.74) is 13.4. The molecule has 1 aliphatic carbocycles. The molecule has 0 radical (unpaired) electrons. The normalized spacial score (nSPS) is 11.4. The maximum Gasteiger partial charge on any atom is 0.0492 e. The summed E-state index contributed by atoms with van der Waals surface area (Å²) in [5.74, 6) is 0. The van der Waals surface area contributed by atoms with Gasteiger partial charge in [0, 0.05) is 29.5 Å². The molecule has 0 saturated carbocycles. The Labute approximate surface area is 239 Å². The van der Waals surface area contributed by atoms with Crippen LogP contribution in [-0.4, -0.2) is 4.98 Å². The second-order valence-electron chi connectivity index (χ2n) is 10.4. The second kappa shape index (κ2) is 9.62. The van der Waals surface area contributed by atoms with E-state index in [4.69, 9.17) is 0 Å². The number of hydrogen-bond acceptors (Lipinski definition) is 2. The Morgan fingerprint density at radius 2 is 0.951 bits per heavy atom. The molecule has 0 fully saturated rings. The number of anilines is 3. The molecular weight excluding hydrogens is 496 g/mol. The van der Waals surface area contributed by atoms with Crippen LogP contribution in [0.15, 0.2) is 158 Å². The van der Waals surface area contributed by atoms with E-state index in [9.17, 15) is 0 Å². The van der Waals surface area contributed by atoms with Crippen molar-refractivity contribution in [2.45, 2.75) is 0 Å². The number of benzene rings is 6. The van der Waals surface area contributed by atoms with Gasteiger partial charge in [-0.15, -0.1) is 0 Å². The Morgan fingerprint density at radius 1 is 0.366 bits per heavy atom. The summed E-state index contributed by atoms with van der Waals surface area (Å²) in [4.78, 5) is 6.58. The lowest BCUT2D eigenvalue weighted by Crippen LogP contribution is -2.10. The Morgan fingerprint density at radius 3 is 1.73 bits per heavy atom. The average molecular weight is 523 g/mol. The smallest absolute Gasteiger partial charge is 0.0492 e. The van der Waals surface area contributed by atoms with Gasteiger partial charge in [-0.1, -0.05) is 109 Å². The van der Waals surface area contributed by atoms with Gasteiger partial charge in [0.1, 0.15) is 0 Å². The number of pyridine rings is 1. The molecule has 0 spiro atoms. The molecule has 0 N–H and O–H groups in total. The molecule has 1 aliphatic rings. The molecule has 0 aliphatic heterocycles. The maximum atomic E-state index is 4.28. The minimum atomic E-state index is 1.07. The first-order chi connectivity index (χ1) is 20.3. The molecule has 2 nitrogen and oxygen atoms in total. The first kappa shape index (κ1) is 23.4. The van der Waals surface area contributed by atoms with Crippen LogP contribution in [0.3, 0.4) is 0 Å². The zero-order chi connectivity index (χ0) is 27.2. The minimum Gasteiger partial charge on any atom is -0.310 e. The van der Waals surface area contributed by atoms with E-state index < -0.39 is 0 Å². The van der Waals surface area contributed by atoms with Crippen molar-refractivity contribution in [3.63, 3.8) is 0 Å². The molecule has 1 heterocycles. The molecule has 41 heavy (non-hydrogen) atoms. The summed E-state index contributed by atoms with van der Waals surface area (Å²) in [6.07, 6.45) is 3.71. The molecular formula is C39H26N2. The van der Waals surface area contributed by atoms with Crippen LogP contribution in [-0.2, 0) is 0 Å². The van der Waals surface area contributed by atoms with Gasteiger partial charge in [-0.3, -0.25) is 4.98 Å². The van der Waals surface area contributed by atoms with E-state index in [1.807, 2.05) is 12.4 Å². The van der Waals surface area contributed by atoms with Gasteiger partial charge in [-0.25, -0.2) is 0 Å². The summed E-state index contributed by atoms with van der Waals surface area (Å²) in [5, 5.41) is 2.63. The van der Waals surface area contributed by atoms with Crippen molar-refractivity contribution in [3.05, 3.63) is 158 Å². The lowest BCUT2D eigenvalue weighted by atomic mass is 9.94. The molecule has 0 amide bonds. The molecule has 8 rings (SSSR count). The fraction of sp³-hybridized carbons (Fsp3) is 0. The van der Waals surface area contributed by atoms with Crippen LogP contribution < -0.4 is 4.90 Å². The first-order valence-electron chi connectivity index (χ1n) is 14.0. The Hall–Kier alpha value is -5.47. The first-order valence-corrected chi connectivity index (χ1v) is 14.0. The van der Waals surface area contributed by atoms with E-state index in [-0.39, 0.29) is 0 Å². The van der Waals surface area contributed by atoms with E-state index in [0.717, 1.165) is 17.1 Å². The van der Waals surface area contributed by atoms with Crippen molar-refractivity contribution >= 4 is 27.8 Å². The van der Waals surface area contributed by atoms with Crippen LogP contribution in [0, 0.1) is 0 Å². The van der Waals surface area contributed by atoms with Crippen LogP contribution in [0.5, 0.6) is 0 Å². The van der Waals surface area contributed by atoms with E-state index >= 15 is 0 Å². The van der Waals surface area contributed by atoms with Gasteiger partial charge in [0.2, 0.25) is 0 Å². The Balaban J connectivity index is 1.25. The highest BCUT2D eigenvalue weighted by Gasteiger charge is 2.22. The van der Waals surface area contributed by atoms with Gasteiger partial charge >= 0.3 is 0 Å². The van der Waals surface area contributed by atoms with Crippen LogP contribution in [0.1, 0.15) is 0 Å². The summed E-state index contributed by atoms with van der Waals surface area (Å²) >= 11 is 0. The third-order valence-electron chi connectivity index (χ3n) is 8.12. The summed E-state index contributed by atoms with van der Waals surface area (Å²) in [7, 11) is 0. The monoisotopic (exact) mass is 522 g/mol. The fourth-order valence-electron chi connectivity index (χ4n) is 6.25. The second-order valence-corrected chi connectivity index (χ2v) is 10.4. The summed E-state index contributed by atoms with van der Waals surface area (Å²) in [6, 6.07) is 52.3. The summed E-state index contributed by atoms with van der Waals surface area (Å²) < 4.78 is 0. The third kappa shape index (κ3) is 3.92. The van der Waals surface area contributed by atoms with Gasteiger partial charge < -0.3 is 4.90 Å². The number of hydrogen-bond donors (Lipinski definition) is 0. The molecule has 0 unspecified atom stereocenters. The van der Waals surface area contributed by atoms with E-state index in [0.29, 0.717) is 0 Å². The average Bonchev–Trinajstić information content (AvgIpc) is 3.38. The van der Waals surface area contributed by atoms with Crippen LogP contribution in [0.2, 0.25) is 0 Å². The fourth-order valence-corrected chi connectivity index (χ4v) is 6.25. The standard InChI is InChI=1S/C39H26N2/c1-2-8-27(9-3-1)28-16-18-30(19-17-28)41(31-22-24-40-25-23-31)32-11-6-10-29(26-32)33-20-21-38-35-13-5-4-12-34(35)37-15-7-14-36(33)39(37)38/h1-26H. The van der Waals surface area contributed by atoms with Crippen LogP contribution >= 0.6 is 0 Å². The number of nitrogens with zero attached hydrogens (tertiary/aromatic N) is 2. The molecule has 0 bridgehead atoms. The predicted molar refractivity (Wildman–Crippen MR) is 172 cm³/mol. The van der Waals surface area contributed by atoms with Crippen LogP contribution in [0.4, 0.5) is 17.1 Å². The highest BCUT2D eigenvalue weighted by molar-refractivity contribution is 6.18. The van der Waals surface area contributed by atoms with Gasteiger partial charge in [0.05, 0.1) is 0 Å². The lowest BCUT2D eigenvalue weighted by Gasteiger charge is -2.26. The molecule has 0 saturated heterocycles. The lowest BCUT2D eigenvalue weighted by molar-refractivity contribution is 1.24. The van der Waals surface area contributed by atoms with Gasteiger partial charge in [0.25, 0.3) is 0 Å². The summed E-state index contributed by atoms with van der Waals surface area (Å²) in [6.45, 7) is 0. The minimum absolute atomic E-state index is 1.07. The van der Waals surface area contributed by atoms with Gasteiger partial charge in [-0.05, 0) is 91.7 Å². The Kier molecular flexibility index (Phi) is 5.49. The topological polar surface area (TPSA) is 16.1 Å². The van der Waals surface area contributed by atoms with Crippen molar-refractivity contribution in [2.75, 3.05) is 4.90 Å². The number of aromatic nitrogens is 1. The van der Waals surface area contributed by atoms with Crippen molar-refractivity contribution in [1.82, 2.24) is 4.98 Å². The van der Waals surface area contributed by atoms with Gasteiger partial charge in [-0.2, -0.15) is 0 Å². The largest absolute Gasteiger partial charge is 0.310 e. The molecule has 6 aromatic carbocycles. The molecule has 1 aromatic heterocycles. The van der Waals surface area contributed by atoms with Crippen molar-refractivity contribution < 1.29 is 0 Å². The maximum absolute atomic E-state index is 4.28. The zero-order valence-corrected chi connectivity index (χ0v) is 22.4. The molecule has 192 valence electrons. The zero-order valence-electron chi connectivity index (χ0n) is 22.4. The predicted octanol–water partition coefficient (Wildman–Crippen LogP) is 10.7. The van der Waals surface area contributed by atoms with E-state index in [1.54, 1.807) is 0 Å². The molecule has 2 heteroatoms. The van der Waals surface area contributed by atoms with Crippen LogP contribution in [0.25, 0.3) is 55.3 Å². The van der Waals surface area contributed by atoms with Crippen molar-refractivity contribution in [3.8, 4) is 44.5 Å². The van der Waals surface area contributed by atoms with Crippen molar-refractivity contribution in [2.24, 2.45) is 0 Å². The number of rotatable bonds is 5.